The molecular formula is C18H20N4O3. The summed E-state index contributed by atoms with van der Waals surface area (Å²) in [6.45, 7) is 0.693. The standard InChI is InChI=1S/C18H20N4O3/c1-25-16-9-12(6-7-15(16)22-8-2-3-17(22)23)19-18(24)14-10-13(20-21-14)11-4-5-11/h6-7,9-11H,2-5,8H2,1H3,(H,19,24)(H,20,21). The highest BCUT2D eigenvalue weighted by Gasteiger charge is 2.27. The van der Waals surface area contributed by atoms with Crippen molar-refractivity contribution < 1.29 is 14.3 Å². The molecule has 1 aliphatic heterocycles. The molecule has 1 aromatic heterocycles. The van der Waals surface area contributed by atoms with Gasteiger partial charge in [-0.15, -0.1) is 0 Å². The molecule has 2 fully saturated rings. The van der Waals surface area contributed by atoms with Crippen molar-refractivity contribution in [1.29, 1.82) is 0 Å². The third-order valence-corrected chi connectivity index (χ3v) is 4.65. The van der Waals surface area contributed by atoms with Crippen LogP contribution in [-0.2, 0) is 4.79 Å². The number of hydrogen-bond donors (Lipinski definition) is 2. The number of hydrogen-bond acceptors (Lipinski definition) is 4. The first-order chi connectivity index (χ1) is 12.2. The number of amides is 2. The number of H-pyrrole nitrogens is 1. The lowest BCUT2D eigenvalue weighted by atomic mass is 10.2. The Hall–Kier alpha value is -2.83. The minimum absolute atomic E-state index is 0.0965. The monoisotopic (exact) mass is 340 g/mol. The lowest BCUT2D eigenvalue weighted by molar-refractivity contribution is -0.117. The number of anilines is 2. The maximum Gasteiger partial charge on any atom is 0.276 e. The van der Waals surface area contributed by atoms with Crippen LogP contribution < -0.4 is 15.0 Å². The van der Waals surface area contributed by atoms with Crippen molar-refractivity contribution in [1.82, 2.24) is 10.2 Å². The van der Waals surface area contributed by atoms with Crippen LogP contribution in [0.15, 0.2) is 24.3 Å². The highest BCUT2D eigenvalue weighted by molar-refractivity contribution is 6.03. The number of nitrogens with zero attached hydrogens (tertiary/aromatic N) is 2. The fourth-order valence-corrected chi connectivity index (χ4v) is 3.13. The zero-order valence-electron chi connectivity index (χ0n) is 14.0. The number of nitrogens with one attached hydrogen (secondary N) is 2. The topological polar surface area (TPSA) is 87.3 Å². The molecule has 0 spiro atoms. The molecule has 0 unspecified atom stereocenters. The van der Waals surface area contributed by atoms with Crippen LogP contribution >= 0.6 is 0 Å². The molecule has 7 nitrogen and oxygen atoms in total. The van der Waals surface area contributed by atoms with Crippen LogP contribution in [0.4, 0.5) is 11.4 Å². The van der Waals surface area contributed by atoms with Crippen LogP contribution in [0.25, 0.3) is 0 Å². The smallest absolute Gasteiger partial charge is 0.276 e. The van der Waals surface area contributed by atoms with Gasteiger partial charge in [0.1, 0.15) is 5.75 Å². The second-order valence-electron chi connectivity index (χ2n) is 6.47. The fourth-order valence-electron chi connectivity index (χ4n) is 3.13. The summed E-state index contributed by atoms with van der Waals surface area (Å²) in [5, 5.41) is 9.84. The maximum atomic E-state index is 12.4. The van der Waals surface area contributed by atoms with E-state index in [4.69, 9.17) is 4.74 Å². The Kier molecular flexibility index (Phi) is 3.91. The molecule has 1 saturated carbocycles. The third kappa shape index (κ3) is 3.09. The van der Waals surface area contributed by atoms with Crippen LogP contribution in [-0.4, -0.2) is 35.7 Å². The van der Waals surface area contributed by atoms with E-state index in [0.29, 0.717) is 36.0 Å². The van der Waals surface area contributed by atoms with Crippen molar-refractivity contribution in [2.75, 3.05) is 23.9 Å². The number of carbonyl (C=O) groups excluding carboxylic acids is 2. The Morgan fingerprint density at radius 2 is 2.20 bits per heavy atom. The highest BCUT2D eigenvalue weighted by Crippen LogP contribution is 2.39. The van der Waals surface area contributed by atoms with E-state index in [1.54, 1.807) is 30.2 Å². The molecule has 4 rings (SSSR count). The molecule has 2 aromatic rings. The van der Waals surface area contributed by atoms with Gasteiger partial charge in [-0.05, 0) is 37.5 Å². The Morgan fingerprint density at radius 3 is 2.88 bits per heavy atom. The first-order valence-corrected chi connectivity index (χ1v) is 8.51. The molecule has 2 aliphatic rings. The van der Waals surface area contributed by atoms with Gasteiger partial charge in [-0.25, -0.2) is 0 Å². The van der Waals surface area contributed by atoms with Crippen molar-refractivity contribution >= 4 is 23.2 Å². The molecule has 0 atom stereocenters. The molecule has 0 radical (unpaired) electrons. The van der Waals surface area contributed by atoms with Gasteiger partial charge in [0.2, 0.25) is 5.91 Å². The predicted molar refractivity (Wildman–Crippen MR) is 93.1 cm³/mol. The van der Waals surface area contributed by atoms with Crippen LogP contribution in [0.2, 0.25) is 0 Å². The Morgan fingerprint density at radius 1 is 1.36 bits per heavy atom. The summed E-state index contributed by atoms with van der Waals surface area (Å²) in [4.78, 5) is 26.0. The number of ether oxygens (including phenoxy) is 1. The van der Waals surface area contributed by atoms with Crippen molar-refractivity contribution in [3.63, 3.8) is 0 Å². The zero-order chi connectivity index (χ0) is 17.4. The van der Waals surface area contributed by atoms with Gasteiger partial charge in [0.25, 0.3) is 5.91 Å². The minimum atomic E-state index is -0.268. The van der Waals surface area contributed by atoms with E-state index in [9.17, 15) is 9.59 Å². The Labute approximate surface area is 145 Å². The molecule has 1 saturated heterocycles. The van der Waals surface area contributed by atoms with Gasteiger partial charge in [0, 0.05) is 36.3 Å². The molecule has 2 amide bonds. The summed E-state index contributed by atoms with van der Waals surface area (Å²) in [5.74, 6) is 0.912. The van der Waals surface area contributed by atoms with Crippen molar-refractivity contribution in [2.24, 2.45) is 0 Å². The van der Waals surface area contributed by atoms with E-state index in [-0.39, 0.29) is 11.8 Å². The minimum Gasteiger partial charge on any atom is -0.494 e. The van der Waals surface area contributed by atoms with Crippen molar-refractivity contribution in [3.05, 3.63) is 35.7 Å². The van der Waals surface area contributed by atoms with E-state index in [0.717, 1.165) is 30.6 Å². The maximum absolute atomic E-state index is 12.4. The lowest BCUT2D eigenvalue weighted by Gasteiger charge is -2.19. The molecular weight excluding hydrogens is 320 g/mol. The number of carbonyl (C=O) groups is 2. The lowest BCUT2D eigenvalue weighted by Crippen LogP contribution is -2.24. The predicted octanol–water partition coefficient (Wildman–Crippen LogP) is 2.67. The molecule has 2 heterocycles. The van der Waals surface area contributed by atoms with Gasteiger partial charge in [-0.1, -0.05) is 0 Å². The summed E-state index contributed by atoms with van der Waals surface area (Å²) >= 11 is 0. The Balaban J connectivity index is 1.51. The van der Waals surface area contributed by atoms with Crippen molar-refractivity contribution in [2.45, 2.75) is 31.6 Å². The van der Waals surface area contributed by atoms with Crippen LogP contribution in [0.1, 0.15) is 47.8 Å². The van der Waals surface area contributed by atoms with E-state index in [1.165, 1.54) is 0 Å². The molecule has 1 aromatic carbocycles. The quantitative estimate of drug-likeness (QED) is 0.876. The van der Waals surface area contributed by atoms with Crippen LogP contribution in [0.5, 0.6) is 5.75 Å². The van der Waals surface area contributed by atoms with Gasteiger partial charge < -0.3 is 15.0 Å². The molecule has 0 bridgehead atoms. The van der Waals surface area contributed by atoms with E-state index in [2.05, 4.69) is 15.5 Å². The van der Waals surface area contributed by atoms with Crippen LogP contribution in [0.3, 0.4) is 0 Å². The third-order valence-electron chi connectivity index (χ3n) is 4.65. The van der Waals surface area contributed by atoms with E-state index >= 15 is 0 Å². The first kappa shape index (κ1) is 15.7. The van der Waals surface area contributed by atoms with Crippen LogP contribution in [0, 0.1) is 0 Å². The summed E-state index contributed by atoms with van der Waals surface area (Å²) in [6.07, 6.45) is 3.71. The SMILES string of the molecule is COc1cc(NC(=O)c2cc(C3CC3)[nH]n2)ccc1N1CCCC1=O. The number of aromatic nitrogens is 2. The molecule has 1 aliphatic carbocycles. The van der Waals surface area contributed by atoms with Gasteiger partial charge in [-0.3, -0.25) is 14.7 Å². The van der Waals surface area contributed by atoms with Gasteiger partial charge in [-0.2, -0.15) is 5.10 Å². The fraction of sp³-hybridized carbons (Fsp3) is 0.389. The summed E-state index contributed by atoms with van der Waals surface area (Å²) in [6, 6.07) is 7.11. The highest BCUT2D eigenvalue weighted by atomic mass is 16.5. The number of benzene rings is 1. The normalized spacial score (nSPS) is 17.0. The summed E-state index contributed by atoms with van der Waals surface area (Å²) in [5.41, 5.74) is 2.73. The van der Waals surface area contributed by atoms with Gasteiger partial charge >= 0.3 is 0 Å². The van der Waals surface area contributed by atoms with E-state index in [1.807, 2.05) is 6.07 Å². The molecule has 130 valence electrons. The molecule has 7 heteroatoms. The number of rotatable bonds is 5. The second kappa shape index (κ2) is 6.23. The Bertz CT molecular complexity index is 825. The van der Waals surface area contributed by atoms with Gasteiger partial charge in [0.15, 0.2) is 5.69 Å². The largest absolute Gasteiger partial charge is 0.494 e. The number of methoxy groups -OCH3 is 1. The number of aromatic amines is 1. The second-order valence-corrected chi connectivity index (χ2v) is 6.47. The summed E-state index contributed by atoms with van der Waals surface area (Å²) in [7, 11) is 1.56. The van der Waals surface area contributed by atoms with E-state index < -0.39 is 0 Å². The molecule has 2 N–H and O–H groups in total. The van der Waals surface area contributed by atoms with Crippen molar-refractivity contribution in [3.8, 4) is 5.75 Å². The zero-order valence-corrected chi connectivity index (χ0v) is 14.0. The summed E-state index contributed by atoms with van der Waals surface area (Å²) < 4.78 is 5.41. The van der Waals surface area contributed by atoms with Gasteiger partial charge in [0.05, 0.1) is 12.8 Å². The average Bonchev–Trinajstić information content (AvgIpc) is 3.19. The average molecular weight is 340 g/mol. The molecule has 25 heavy (non-hydrogen) atoms. The first-order valence-electron chi connectivity index (χ1n) is 8.51.